The summed E-state index contributed by atoms with van der Waals surface area (Å²) in [7, 11) is 1.97. The van der Waals surface area contributed by atoms with E-state index in [4.69, 9.17) is 0 Å². The second-order valence-corrected chi connectivity index (χ2v) is 7.10. The molecule has 0 aliphatic carbocycles. The van der Waals surface area contributed by atoms with Crippen LogP contribution in [0.2, 0.25) is 0 Å². The Bertz CT molecular complexity index is 525. The van der Waals surface area contributed by atoms with Crippen LogP contribution in [0.25, 0.3) is 0 Å². The van der Waals surface area contributed by atoms with Gasteiger partial charge in [-0.15, -0.1) is 10.2 Å². The van der Waals surface area contributed by atoms with Crippen molar-refractivity contribution in [3.63, 3.8) is 0 Å². The Morgan fingerprint density at radius 3 is 2.72 bits per heavy atom. The second-order valence-electron chi connectivity index (χ2n) is 3.78. The number of nitrogens with zero attached hydrogens (tertiary/aromatic N) is 2. The zero-order valence-electron chi connectivity index (χ0n) is 10.6. The molecular formula is C12H15N3S3. The fraction of sp³-hybridized carbons (Fsp3) is 0.333. The van der Waals surface area contributed by atoms with Crippen molar-refractivity contribution < 1.29 is 0 Å². The lowest BCUT2D eigenvalue weighted by Gasteiger charge is -2.08. The van der Waals surface area contributed by atoms with Crippen LogP contribution < -0.4 is 5.32 Å². The molecule has 0 bridgehead atoms. The summed E-state index contributed by atoms with van der Waals surface area (Å²) in [5.41, 5.74) is 2.59. The van der Waals surface area contributed by atoms with Crippen LogP contribution in [-0.2, 0) is 6.54 Å². The highest BCUT2D eigenvalue weighted by Gasteiger charge is 2.09. The first-order valence-electron chi connectivity index (χ1n) is 5.52. The van der Waals surface area contributed by atoms with Gasteiger partial charge in [0.2, 0.25) is 0 Å². The van der Waals surface area contributed by atoms with Gasteiger partial charge in [0.1, 0.15) is 0 Å². The van der Waals surface area contributed by atoms with Gasteiger partial charge in [-0.05, 0) is 31.9 Å². The number of aryl methyl sites for hydroxylation is 1. The molecule has 1 heterocycles. The van der Waals surface area contributed by atoms with Crippen LogP contribution in [0.15, 0.2) is 31.8 Å². The molecule has 2 aromatic rings. The molecule has 6 heteroatoms. The third-order valence-corrected chi connectivity index (χ3v) is 5.41. The number of rotatable bonds is 5. The number of aromatic nitrogens is 2. The first-order chi connectivity index (χ1) is 8.72. The van der Waals surface area contributed by atoms with E-state index in [1.807, 2.05) is 13.3 Å². The van der Waals surface area contributed by atoms with Gasteiger partial charge < -0.3 is 5.32 Å². The Balaban J connectivity index is 2.22. The molecule has 0 saturated heterocycles. The number of benzene rings is 1. The predicted octanol–water partition coefficient (Wildman–Crippen LogP) is 3.44. The van der Waals surface area contributed by atoms with Gasteiger partial charge >= 0.3 is 0 Å². The number of hydrogen-bond acceptors (Lipinski definition) is 6. The van der Waals surface area contributed by atoms with Gasteiger partial charge in [-0.2, -0.15) is 0 Å². The monoisotopic (exact) mass is 297 g/mol. The Kier molecular flexibility index (Phi) is 5.05. The van der Waals surface area contributed by atoms with E-state index in [0.717, 1.165) is 15.2 Å². The normalized spacial score (nSPS) is 10.8. The van der Waals surface area contributed by atoms with Crippen molar-refractivity contribution in [1.29, 1.82) is 0 Å². The molecule has 0 amide bonds. The van der Waals surface area contributed by atoms with E-state index >= 15 is 0 Å². The maximum absolute atomic E-state index is 4.20. The summed E-state index contributed by atoms with van der Waals surface area (Å²) in [6.45, 7) is 2.99. The maximum Gasteiger partial charge on any atom is 0.179 e. The summed E-state index contributed by atoms with van der Waals surface area (Å²) in [6, 6.07) is 6.51. The van der Waals surface area contributed by atoms with E-state index in [2.05, 4.69) is 40.6 Å². The largest absolute Gasteiger partial charge is 0.316 e. The first kappa shape index (κ1) is 13.9. The Morgan fingerprint density at radius 2 is 2.06 bits per heavy atom. The average Bonchev–Trinajstić information content (AvgIpc) is 2.81. The maximum atomic E-state index is 4.20. The van der Waals surface area contributed by atoms with Crippen LogP contribution in [0.4, 0.5) is 0 Å². The molecule has 0 atom stereocenters. The lowest BCUT2D eigenvalue weighted by molar-refractivity contribution is 0.802. The van der Waals surface area contributed by atoms with Gasteiger partial charge in [0.25, 0.3) is 0 Å². The molecule has 96 valence electrons. The van der Waals surface area contributed by atoms with Crippen LogP contribution in [0, 0.1) is 6.92 Å². The van der Waals surface area contributed by atoms with Crippen LogP contribution in [0.3, 0.4) is 0 Å². The molecule has 1 aromatic carbocycles. The van der Waals surface area contributed by atoms with Crippen molar-refractivity contribution in [3.8, 4) is 0 Å². The van der Waals surface area contributed by atoms with Crippen LogP contribution in [0.1, 0.15) is 11.1 Å². The molecule has 0 fully saturated rings. The van der Waals surface area contributed by atoms with Crippen molar-refractivity contribution in [2.24, 2.45) is 0 Å². The van der Waals surface area contributed by atoms with Gasteiger partial charge in [0.15, 0.2) is 8.68 Å². The fourth-order valence-corrected chi connectivity index (χ4v) is 4.06. The van der Waals surface area contributed by atoms with Gasteiger partial charge in [0.05, 0.1) is 0 Å². The van der Waals surface area contributed by atoms with E-state index in [0.29, 0.717) is 0 Å². The van der Waals surface area contributed by atoms with E-state index in [1.54, 1.807) is 34.9 Å². The minimum atomic E-state index is 0.873. The van der Waals surface area contributed by atoms with E-state index in [-0.39, 0.29) is 0 Å². The molecule has 1 N–H and O–H groups in total. The molecule has 2 rings (SSSR count). The quantitative estimate of drug-likeness (QED) is 0.856. The highest BCUT2D eigenvalue weighted by Crippen LogP contribution is 2.34. The summed E-state index contributed by atoms with van der Waals surface area (Å²) >= 11 is 4.97. The standard InChI is InChI=1S/C12H15N3S3/c1-8-4-5-10(9(6-8)7-13-2)17-12-15-14-11(16-3)18-12/h4-6,13H,7H2,1-3H3. The van der Waals surface area contributed by atoms with E-state index in [9.17, 15) is 0 Å². The third-order valence-electron chi connectivity index (χ3n) is 2.34. The van der Waals surface area contributed by atoms with Crippen molar-refractivity contribution in [2.75, 3.05) is 13.3 Å². The number of nitrogens with one attached hydrogen (secondary N) is 1. The first-order valence-corrected chi connectivity index (χ1v) is 8.38. The number of hydrogen-bond donors (Lipinski definition) is 1. The smallest absolute Gasteiger partial charge is 0.179 e. The summed E-state index contributed by atoms with van der Waals surface area (Å²) in [4.78, 5) is 1.25. The predicted molar refractivity (Wildman–Crippen MR) is 79.8 cm³/mol. The van der Waals surface area contributed by atoms with E-state index < -0.39 is 0 Å². The topological polar surface area (TPSA) is 37.8 Å². The second kappa shape index (κ2) is 6.56. The van der Waals surface area contributed by atoms with Crippen molar-refractivity contribution >= 4 is 34.9 Å². The van der Waals surface area contributed by atoms with E-state index in [1.165, 1.54) is 16.0 Å². The minimum Gasteiger partial charge on any atom is -0.316 e. The summed E-state index contributed by atoms with van der Waals surface area (Å²) in [6.07, 6.45) is 2.02. The molecule has 0 aliphatic rings. The average molecular weight is 297 g/mol. The minimum absolute atomic E-state index is 0.873. The third kappa shape index (κ3) is 3.47. The molecule has 0 unspecified atom stereocenters. The van der Waals surface area contributed by atoms with Crippen molar-refractivity contribution in [3.05, 3.63) is 29.3 Å². The van der Waals surface area contributed by atoms with Gasteiger partial charge in [0, 0.05) is 11.4 Å². The van der Waals surface area contributed by atoms with Gasteiger partial charge in [-0.3, -0.25) is 0 Å². The highest BCUT2D eigenvalue weighted by molar-refractivity contribution is 8.03. The summed E-state index contributed by atoms with van der Waals surface area (Å²) < 4.78 is 2.01. The van der Waals surface area contributed by atoms with Gasteiger partial charge in [-0.25, -0.2) is 0 Å². The molecule has 1 aromatic heterocycles. The molecule has 0 radical (unpaired) electrons. The van der Waals surface area contributed by atoms with Crippen LogP contribution in [0.5, 0.6) is 0 Å². The molecule has 0 aliphatic heterocycles. The molecular weight excluding hydrogens is 282 g/mol. The number of thioether (sulfide) groups is 1. The van der Waals surface area contributed by atoms with Crippen LogP contribution in [-0.4, -0.2) is 23.5 Å². The zero-order chi connectivity index (χ0) is 13.0. The SMILES string of the molecule is CNCc1cc(C)ccc1Sc1nnc(SC)s1. The molecule has 0 spiro atoms. The Morgan fingerprint density at radius 1 is 1.28 bits per heavy atom. The summed E-state index contributed by atoms with van der Waals surface area (Å²) in [5, 5.41) is 11.5. The van der Waals surface area contributed by atoms with Crippen molar-refractivity contribution in [2.45, 2.75) is 27.0 Å². The molecule has 0 saturated carbocycles. The van der Waals surface area contributed by atoms with Crippen molar-refractivity contribution in [1.82, 2.24) is 15.5 Å². The molecule has 3 nitrogen and oxygen atoms in total. The lowest BCUT2D eigenvalue weighted by atomic mass is 10.1. The highest BCUT2D eigenvalue weighted by atomic mass is 32.2. The Hall–Kier alpha value is -0.560. The van der Waals surface area contributed by atoms with Crippen LogP contribution >= 0.6 is 34.9 Å². The Labute approximate surface area is 120 Å². The lowest BCUT2D eigenvalue weighted by Crippen LogP contribution is -2.06. The molecule has 18 heavy (non-hydrogen) atoms. The zero-order valence-corrected chi connectivity index (χ0v) is 13.0. The summed E-state index contributed by atoms with van der Waals surface area (Å²) in [5.74, 6) is 0. The van der Waals surface area contributed by atoms with Gasteiger partial charge in [-0.1, -0.05) is 52.6 Å². The fourth-order valence-electron chi connectivity index (χ4n) is 1.55.